The van der Waals surface area contributed by atoms with Crippen molar-refractivity contribution in [1.29, 1.82) is 0 Å². The van der Waals surface area contributed by atoms with E-state index < -0.39 is 35.0 Å². The van der Waals surface area contributed by atoms with Crippen LogP contribution in [0.1, 0.15) is 64.0 Å². The molecule has 1 aromatic heterocycles. The highest BCUT2D eigenvalue weighted by Gasteiger charge is 2.35. The molecule has 0 aliphatic rings. The number of hydrogen-bond donors (Lipinski definition) is 2. The highest BCUT2D eigenvalue weighted by Crippen LogP contribution is 2.27. The first kappa shape index (κ1) is 31.4. The van der Waals surface area contributed by atoms with E-state index in [0.717, 1.165) is 5.56 Å². The third kappa shape index (κ3) is 8.92. The summed E-state index contributed by atoms with van der Waals surface area (Å²) >= 11 is 0. The Morgan fingerprint density at radius 3 is 2.32 bits per heavy atom. The van der Waals surface area contributed by atoms with Crippen LogP contribution in [0, 0.1) is 11.2 Å². The number of fused-ring (bicyclic) bond motifs is 1. The number of carbonyl (C=O) groups excluding carboxylic acids is 3. The summed E-state index contributed by atoms with van der Waals surface area (Å²) in [6.45, 7) is 11.8. The molecule has 1 atom stereocenters. The first-order valence-corrected chi connectivity index (χ1v) is 13.4. The van der Waals surface area contributed by atoms with Crippen molar-refractivity contribution in [3.8, 4) is 5.75 Å². The Kier molecular flexibility index (Phi) is 9.96. The number of ether oxygens (including phenoxy) is 3. The highest BCUT2D eigenvalue weighted by atomic mass is 19.1. The molecule has 1 heterocycles. The number of aromatic nitrogens is 2. The topological polar surface area (TPSA) is 121 Å². The fraction of sp³-hybridized carbons (Fsp3) is 0.467. The minimum atomic E-state index is -0.894. The second kappa shape index (κ2) is 13.0. The normalized spacial score (nSPS) is 12.5. The standard InChI is InChI=1S/C30H39FN4O6/c1-29(2,3)25(27(37)39-7)33-26(36)24-22-14-13-21(40-16-8-15-32-28(38)41-30(4,5)6)17-23(22)35(34-24)18-19-9-11-20(31)12-10-19/h9-14,17,25H,8,15-16,18H2,1-7H3,(H,32,38)(H,33,36)/t25-/m1/s1. The summed E-state index contributed by atoms with van der Waals surface area (Å²) in [6.07, 6.45) is 0.0527. The number of nitrogens with one attached hydrogen (secondary N) is 2. The second-order valence-electron chi connectivity index (χ2n) is 11.7. The zero-order valence-corrected chi connectivity index (χ0v) is 24.7. The average Bonchev–Trinajstić information content (AvgIpc) is 3.23. The lowest BCUT2D eigenvalue weighted by molar-refractivity contribution is -0.145. The quantitative estimate of drug-likeness (QED) is 0.264. The zero-order valence-electron chi connectivity index (χ0n) is 24.7. The van der Waals surface area contributed by atoms with E-state index in [0.29, 0.717) is 36.2 Å². The molecule has 0 aliphatic carbocycles. The van der Waals surface area contributed by atoms with E-state index in [4.69, 9.17) is 14.2 Å². The number of nitrogens with zero attached hydrogens (tertiary/aromatic N) is 2. The van der Waals surface area contributed by atoms with E-state index in [-0.39, 0.29) is 18.1 Å². The van der Waals surface area contributed by atoms with Gasteiger partial charge in [0.1, 0.15) is 23.2 Å². The van der Waals surface area contributed by atoms with E-state index in [1.54, 1.807) is 55.8 Å². The predicted octanol–water partition coefficient (Wildman–Crippen LogP) is 4.83. The van der Waals surface area contributed by atoms with Crippen LogP contribution in [-0.4, -0.2) is 59.7 Å². The molecule has 0 spiro atoms. The van der Waals surface area contributed by atoms with Crippen molar-refractivity contribution in [2.45, 2.75) is 66.2 Å². The number of rotatable bonds is 10. The monoisotopic (exact) mass is 570 g/mol. The fourth-order valence-electron chi connectivity index (χ4n) is 4.01. The van der Waals surface area contributed by atoms with E-state index >= 15 is 0 Å². The molecule has 11 heteroatoms. The molecule has 0 saturated heterocycles. The Hall–Kier alpha value is -4.15. The van der Waals surface area contributed by atoms with Gasteiger partial charge >= 0.3 is 12.1 Å². The molecule has 0 fully saturated rings. The molecular formula is C30H39FN4O6. The van der Waals surface area contributed by atoms with Crippen molar-refractivity contribution in [1.82, 2.24) is 20.4 Å². The Labute approximate surface area is 239 Å². The molecule has 3 aromatic rings. The summed E-state index contributed by atoms with van der Waals surface area (Å²) in [4.78, 5) is 37.6. The molecule has 2 aromatic carbocycles. The van der Waals surface area contributed by atoms with Crippen LogP contribution in [0.25, 0.3) is 10.9 Å². The molecule has 0 aliphatic heterocycles. The molecule has 2 amide bonds. The number of halogens is 1. The smallest absolute Gasteiger partial charge is 0.407 e. The second-order valence-corrected chi connectivity index (χ2v) is 11.7. The van der Waals surface area contributed by atoms with Crippen molar-refractivity contribution >= 4 is 28.9 Å². The molecule has 222 valence electrons. The van der Waals surface area contributed by atoms with Crippen LogP contribution in [0.3, 0.4) is 0 Å². The molecular weight excluding hydrogens is 531 g/mol. The van der Waals surface area contributed by atoms with Gasteiger partial charge in [0.15, 0.2) is 5.69 Å². The van der Waals surface area contributed by atoms with E-state index in [1.165, 1.54) is 19.2 Å². The number of amides is 2. The molecule has 0 saturated carbocycles. The third-order valence-electron chi connectivity index (χ3n) is 6.02. The lowest BCUT2D eigenvalue weighted by Gasteiger charge is -2.28. The summed E-state index contributed by atoms with van der Waals surface area (Å²) in [5, 5.41) is 10.6. The molecule has 10 nitrogen and oxygen atoms in total. The van der Waals surface area contributed by atoms with Crippen molar-refractivity contribution in [2.75, 3.05) is 20.3 Å². The van der Waals surface area contributed by atoms with Gasteiger partial charge in [-0.3, -0.25) is 9.48 Å². The summed E-state index contributed by atoms with van der Waals surface area (Å²) < 4.78 is 31.1. The minimum Gasteiger partial charge on any atom is -0.493 e. The average molecular weight is 571 g/mol. The Balaban J connectivity index is 1.82. The lowest BCUT2D eigenvalue weighted by atomic mass is 9.86. The largest absolute Gasteiger partial charge is 0.493 e. The summed E-state index contributed by atoms with van der Waals surface area (Å²) in [5.41, 5.74) is 0.358. The van der Waals surface area contributed by atoms with Crippen LogP contribution in [0.5, 0.6) is 5.75 Å². The van der Waals surface area contributed by atoms with Crippen LogP contribution in [-0.2, 0) is 20.8 Å². The van der Waals surface area contributed by atoms with E-state index in [9.17, 15) is 18.8 Å². The van der Waals surface area contributed by atoms with Gasteiger partial charge in [-0.1, -0.05) is 32.9 Å². The number of esters is 1. The van der Waals surface area contributed by atoms with Gasteiger partial charge in [-0.25, -0.2) is 14.0 Å². The Morgan fingerprint density at radius 1 is 1.02 bits per heavy atom. The first-order valence-electron chi connectivity index (χ1n) is 13.4. The van der Waals surface area contributed by atoms with Crippen LogP contribution in [0.2, 0.25) is 0 Å². The zero-order chi connectivity index (χ0) is 30.4. The summed E-state index contributed by atoms with van der Waals surface area (Å²) in [6, 6.07) is 10.3. The van der Waals surface area contributed by atoms with Gasteiger partial charge in [-0.15, -0.1) is 0 Å². The fourth-order valence-corrected chi connectivity index (χ4v) is 4.01. The molecule has 3 rings (SSSR count). The van der Waals surface area contributed by atoms with Gasteiger partial charge in [-0.05, 0) is 62.4 Å². The van der Waals surface area contributed by atoms with E-state index in [2.05, 4.69) is 15.7 Å². The number of methoxy groups -OCH3 is 1. The number of benzene rings is 2. The van der Waals surface area contributed by atoms with E-state index in [1.807, 2.05) is 20.8 Å². The predicted molar refractivity (Wildman–Crippen MR) is 152 cm³/mol. The van der Waals surface area contributed by atoms with Gasteiger partial charge in [0, 0.05) is 18.0 Å². The van der Waals surface area contributed by atoms with Gasteiger partial charge < -0.3 is 24.8 Å². The van der Waals surface area contributed by atoms with Crippen molar-refractivity contribution in [3.05, 3.63) is 59.5 Å². The van der Waals surface area contributed by atoms with Gasteiger partial charge in [0.25, 0.3) is 5.91 Å². The van der Waals surface area contributed by atoms with Gasteiger partial charge in [0.2, 0.25) is 0 Å². The van der Waals surface area contributed by atoms with Crippen molar-refractivity contribution in [2.24, 2.45) is 5.41 Å². The van der Waals surface area contributed by atoms with Gasteiger partial charge in [-0.2, -0.15) is 5.10 Å². The van der Waals surface area contributed by atoms with Crippen molar-refractivity contribution < 1.29 is 33.0 Å². The first-order chi connectivity index (χ1) is 19.2. The van der Waals surface area contributed by atoms with Crippen molar-refractivity contribution in [3.63, 3.8) is 0 Å². The molecule has 2 N–H and O–H groups in total. The SMILES string of the molecule is COC(=O)[C@@H](NC(=O)c1nn(Cc2ccc(F)cc2)c2cc(OCCCNC(=O)OC(C)(C)C)ccc12)C(C)(C)C. The molecule has 41 heavy (non-hydrogen) atoms. The van der Waals surface area contributed by atoms with Gasteiger partial charge in [0.05, 0.1) is 25.8 Å². The van der Waals surface area contributed by atoms with Crippen LogP contribution in [0.15, 0.2) is 42.5 Å². The Bertz CT molecular complexity index is 1370. The van der Waals surface area contributed by atoms with Crippen LogP contribution < -0.4 is 15.4 Å². The molecule has 0 bridgehead atoms. The molecule has 0 radical (unpaired) electrons. The molecule has 0 unspecified atom stereocenters. The van der Waals surface area contributed by atoms with Crippen LogP contribution >= 0.6 is 0 Å². The van der Waals surface area contributed by atoms with Crippen LogP contribution in [0.4, 0.5) is 9.18 Å². The minimum absolute atomic E-state index is 0.133. The maximum atomic E-state index is 13.5. The Morgan fingerprint density at radius 2 is 1.71 bits per heavy atom. The maximum absolute atomic E-state index is 13.5. The third-order valence-corrected chi connectivity index (χ3v) is 6.02. The lowest BCUT2D eigenvalue weighted by Crippen LogP contribution is -2.49. The number of carbonyl (C=O) groups is 3. The maximum Gasteiger partial charge on any atom is 0.407 e. The summed E-state index contributed by atoms with van der Waals surface area (Å²) in [7, 11) is 1.27. The highest BCUT2D eigenvalue weighted by molar-refractivity contribution is 6.06. The summed E-state index contributed by atoms with van der Waals surface area (Å²) in [5.74, 6) is -0.894. The number of alkyl carbamates (subject to hydrolysis) is 1. The number of hydrogen-bond acceptors (Lipinski definition) is 7.